The SMILES string of the molecule is O=C(NCc1ccccc1CN1CCCC1)N[C@@H]1CCOc2ccccc21. The number of para-hydroxylation sites is 1. The number of amides is 2. The Balaban J connectivity index is 1.35. The van der Waals surface area contributed by atoms with E-state index in [1.165, 1.54) is 37.1 Å². The lowest BCUT2D eigenvalue weighted by atomic mass is 10.0. The summed E-state index contributed by atoms with van der Waals surface area (Å²) in [5.41, 5.74) is 3.54. The van der Waals surface area contributed by atoms with Crippen LogP contribution in [0, 0.1) is 0 Å². The second kappa shape index (κ2) is 8.44. The molecular weight excluding hydrogens is 338 g/mol. The van der Waals surface area contributed by atoms with E-state index in [4.69, 9.17) is 4.74 Å². The van der Waals surface area contributed by atoms with Gasteiger partial charge in [0.25, 0.3) is 0 Å². The summed E-state index contributed by atoms with van der Waals surface area (Å²) in [6.07, 6.45) is 3.36. The minimum absolute atomic E-state index is 0.00482. The second-order valence-electron chi connectivity index (χ2n) is 7.31. The van der Waals surface area contributed by atoms with Gasteiger partial charge in [-0.25, -0.2) is 4.79 Å². The van der Waals surface area contributed by atoms with Gasteiger partial charge in [-0.2, -0.15) is 0 Å². The van der Waals surface area contributed by atoms with E-state index in [-0.39, 0.29) is 12.1 Å². The third-order valence-corrected chi connectivity index (χ3v) is 5.41. The molecule has 142 valence electrons. The first kappa shape index (κ1) is 17.9. The molecule has 0 aliphatic carbocycles. The minimum Gasteiger partial charge on any atom is -0.493 e. The Morgan fingerprint density at radius 2 is 1.78 bits per heavy atom. The molecule has 5 nitrogen and oxygen atoms in total. The third-order valence-electron chi connectivity index (χ3n) is 5.41. The maximum absolute atomic E-state index is 12.5. The van der Waals surface area contributed by atoms with Gasteiger partial charge in [-0.1, -0.05) is 42.5 Å². The quantitative estimate of drug-likeness (QED) is 0.851. The van der Waals surface area contributed by atoms with E-state index in [0.717, 1.165) is 24.3 Å². The fourth-order valence-corrected chi connectivity index (χ4v) is 3.94. The van der Waals surface area contributed by atoms with Crippen molar-refractivity contribution in [1.29, 1.82) is 0 Å². The Morgan fingerprint density at radius 1 is 1.04 bits per heavy atom. The molecule has 5 heteroatoms. The number of hydrogen-bond acceptors (Lipinski definition) is 3. The van der Waals surface area contributed by atoms with E-state index in [1.54, 1.807) is 0 Å². The number of urea groups is 1. The van der Waals surface area contributed by atoms with E-state index < -0.39 is 0 Å². The van der Waals surface area contributed by atoms with E-state index in [9.17, 15) is 4.79 Å². The van der Waals surface area contributed by atoms with Crippen molar-refractivity contribution in [2.45, 2.75) is 38.4 Å². The number of ether oxygens (including phenoxy) is 1. The average Bonchev–Trinajstić information content (AvgIpc) is 3.21. The maximum atomic E-state index is 12.5. The summed E-state index contributed by atoms with van der Waals surface area (Å²) in [6.45, 7) is 4.48. The zero-order chi connectivity index (χ0) is 18.5. The smallest absolute Gasteiger partial charge is 0.315 e. The standard InChI is InChI=1S/C22H27N3O2/c26-22(24-20-11-14-27-21-10-4-3-9-19(20)21)23-15-17-7-1-2-8-18(17)16-25-12-5-6-13-25/h1-4,7-10,20H,5-6,11-16H2,(H2,23,24,26)/t20-/m1/s1. The van der Waals surface area contributed by atoms with Crippen LogP contribution >= 0.6 is 0 Å². The van der Waals surface area contributed by atoms with Crippen molar-refractivity contribution < 1.29 is 9.53 Å². The van der Waals surface area contributed by atoms with Gasteiger partial charge in [-0.3, -0.25) is 4.90 Å². The highest BCUT2D eigenvalue weighted by Gasteiger charge is 2.22. The molecule has 1 saturated heterocycles. The summed E-state index contributed by atoms with van der Waals surface area (Å²) >= 11 is 0. The Bertz CT molecular complexity index is 787. The van der Waals surface area contributed by atoms with Crippen LogP contribution in [0.4, 0.5) is 4.79 Å². The van der Waals surface area contributed by atoms with Gasteiger partial charge in [0.2, 0.25) is 0 Å². The zero-order valence-electron chi connectivity index (χ0n) is 15.6. The Morgan fingerprint density at radius 3 is 2.63 bits per heavy atom. The summed E-state index contributed by atoms with van der Waals surface area (Å²) in [4.78, 5) is 15.0. The lowest BCUT2D eigenvalue weighted by Crippen LogP contribution is -2.39. The summed E-state index contributed by atoms with van der Waals surface area (Å²) in [5.74, 6) is 0.866. The lowest BCUT2D eigenvalue weighted by molar-refractivity contribution is 0.223. The summed E-state index contributed by atoms with van der Waals surface area (Å²) in [7, 11) is 0. The lowest BCUT2D eigenvalue weighted by Gasteiger charge is -2.26. The van der Waals surface area contributed by atoms with Gasteiger partial charge in [0.1, 0.15) is 5.75 Å². The summed E-state index contributed by atoms with van der Waals surface area (Å²) in [6, 6.07) is 16.2. The van der Waals surface area contributed by atoms with Gasteiger partial charge >= 0.3 is 6.03 Å². The molecule has 1 atom stereocenters. The maximum Gasteiger partial charge on any atom is 0.315 e. The van der Waals surface area contributed by atoms with E-state index in [2.05, 4.69) is 33.7 Å². The molecule has 0 aromatic heterocycles. The molecule has 2 N–H and O–H groups in total. The highest BCUT2D eigenvalue weighted by Crippen LogP contribution is 2.31. The van der Waals surface area contributed by atoms with Crippen molar-refractivity contribution in [3.63, 3.8) is 0 Å². The van der Waals surface area contributed by atoms with E-state index in [0.29, 0.717) is 13.2 Å². The van der Waals surface area contributed by atoms with Crippen LogP contribution in [-0.4, -0.2) is 30.6 Å². The third kappa shape index (κ3) is 4.42. The second-order valence-corrected chi connectivity index (χ2v) is 7.31. The molecule has 2 amide bonds. The van der Waals surface area contributed by atoms with Gasteiger partial charge in [0, 0.05) is 25.1 Å². The van der Waals surface area contributed by atoms with Crippen molar-refractivity contribution in [2.24, 2.45) is 0 Å². The normalized spacial score (nSPS) is 19.2. The molecule has 2 aliphatic rings. The predicted molar refractivity (Wildman–Crippen MR) is 106 cm³/mol. The Labute approximate surface area is 160 Å². The molecule has 2 heterocycles. The molecule has 0 unspecified atom stereocenters. The number of hydrogen-bond donors (Lipinski definition) is 2. The minimum atomic E-state index is -0.132. The van der Waals surface area contributed by atoms with E-state index >= 15 is 0 Å². The van der Waals surface area contributed by atoms with Crippen LogP contribution in [0.2, 0.25) is 0 Å². The molecular formula is C22H27N3O2. The zero-order valence-corrected chi connectivity index (χ0v) is 15.6. The molecule has 0 spiro atoms. The molecule has 0 bridgehead atoms. The number of carbonyl (C=O) groups is 1. The van der Waals surface area contributed by atoms with Gasteiger partial charge < -0.3 is 15.4 Å². The van der Waals surface area contributed by atoms with Crippen LogP contribution in [0.1, 0.15) is 42.0 Å². The first-order chi connectivity index (χ1) is 13.3. The number of benzene rings is 2. The first-order valence-corrected chi connectivity index (χ1v) is 9.85. The van der Waals surface area contributed by atoms with Crippen LogP contribution < -0.4 is 15.4 Å². The number of nitrogens with zero attached hydrogens (tertiary/aromatic N) is 1. The van der Waals surface area contributed by atoms with Gasteiger partial charge in [0.05, 0.1) is 12.6 Å². The largest absolute Gasteiger partial charge is 0.493 e. The number of likely N-dealkylation sites (tertiary alicyclic amines) is 1. The van der Waals surface area contributed by atoms with Crippen LogP contribution in [0.3, 0.4) is 0 Å². The first-order valence-electron chi connectivity index (χ1n) is 9.85. The topological polar surface area (TPSA) is 53.6 Å². The van der Waals surface area contributed by atoms with Crippen molar-refractivity contribution in [2.75, 3.05) is 19.7 Å². The Kier molecular flexibility index (Phi) is 5.58. The average molecular weight is 365 g/mol. The van der Waals surface area contributed by atoms with Crippen molar-refractivity contribution in [3.05, 3.63) is 65.2 Å². The summed E-state index contributed by atoms with van der Waals surface area (Å²) in [5, 5.41) is 6.13. The fourth-order valence-electron chi connectivity index (χ4n) is 3.94. The number of carbonyl (C=O) groups excluding carboxylic acids is 1. The molecule has 2 aromatic rings. The monoisotopic (exact) mass is 365 g/mol. The van der Waals surface area contributed by atoms with Crippen LogP contribution in [0.5, 0.6) is 5.75 Å². The van der Waals surface area contributed by atoms with Crippen molar-refractivity contribution in [3.8, 4) is 5.75 Å². The van der Waals surface area contributed by atoms with Gasteiger partial charge in [-0.05, 0) is 43.1 Å². The van der Waals surface area contributed by atoms with Gasteiger partial charge in [-0.15, -0.1) is 0 Å². The molecule has 2 aliphatic heterocycles. The van der Waals surface area contributed by atoms with Crippen LogP contribution in [-0.2, 0) is 13.1 Å². The van der Waals surface area contributed by atoms with Crippen LogP contribution in [0.15, 0.2) is 48.5 Å². The Hall–Kier alpha value is -2.53. The molecule has 27 heavy (non-hydrogen) atoms. The van der Waals surface area contributed by atoms with E-state index in [1.807, 2.05) is 30.3 Å². The molecule has 0 saturated carbocycles. The predicted octanol–water partition coefficient (Wildman–Crippen LogP) is 3.61. The number of rotatable bonds is 5. The highest BCUT2D eigenvalue weighted by molar-refractivity contribution is 5.74. The van der Waals surface area contributed by atoms with Gasteiger partial charge in [0.15, 0.2) is 0 Å². The molecule has 0 radical (unpaired) electrons. The molecule has 4 rings (SSSR count). The number of fused-ring (bicyclic) bond motifs is 1. The van der Waals surface area contributed by atoms with Crippen LogP contribution in [0.25, 0.3) is 0 Å². The molecule has 2 aromatic carbocycles. The highest BCUT2D eigenvalue weighted by atomic mass is 16.5. The summed E-state index contributed by atoms with van der Waals surface area (Å²) < 4.78 is 5.67. The number of nitrogens with one attached hydrogen (secondary N) is 2. The van der Waals surface area contributed by atoms with Crippen molar-refractivity contribution in [1.82, 2.24) is 15.5 Å². The van der Waals surface area contributed by atoms with Crippen molar-refractivity contribution >= 4 is 6.03 Å². The molecule has 1 fully saturated rings. The fraction of sp³-hybridized carbons (Fsp3) is 0.409.